The number of aromatic nitrogens is 3. The Labute approximate surface area is 142 Å². The van der Waals surface area contributed by atoms with Crippen molar-refractivity contribution in [3.63, 3.8) is 0 Å². The van der Waals surface area contributed by atoms with Gasteiger partial charge in [0.15, 0.2) is 5.16 Å². The van der Waals surface area contributed by atoms with Gasteiger partial charge in [0.2, 0.25) is 11.9 Å². The summed E-state index contributed by atoms with van der Waals surface area (Å²) in [6.45, 7) is 4.28. The van der Waals surface area contributed by atoms with Crippen molar-refractivity contribution in [2.75, 3.05) is 16.8 Å². The Kier molecular flexibility index (Phi) is 4.92. The molecule has 0 radical (unpaired) electrons. The largest absolute Gasteiger partial charge is 0.368 e. The van der Waals surface area contributed by atoms with Crippen molar-refractivity contribution < 1.29 is 4.79 Å². The highest BCUT2D eigenvalue weighted by Crippen LogP contribution is 2.37. The Bertz CT molecular complexity index is 730. The lowest BCUT2D eigenvalue weighted by Crippen LogP contribution is -2.29. The van der Waals surface area contributed by atoms with Gasteiger partial charge in [0.05, 0.1) is 10.9 Å². The van der Waals surface area contributed by atoms with Crippen LogP contribution < -0.4 is 11.1 Å². The second-order valence-corrected chi connectivity index (χ2v) is 7.28. The number of hydrogen-bond acceptors (Lipinski definition) is 6. The fourth-order valence-electron chi connectivity index (χ4n) is 2.25. The molecule has 2 heterocycles. The van der Waals surface area contributed by atoms with Gasteiger partial charge in [0.1, 0.15) is 0 Å². The van der Waals surface area contributed by atoms with E-state index in [-0.39, 0.29) is 11.2 Å². The number of amides is 1. The first kappa shape index (κ1) is 15.9. The smallest absolute Gasteiger partial charge is 0.237 e. The molecule has 1 amide bonds. The molecule has 8 heteroatoms. The molecule has 1 aliphatic rings. The summed E-state index contributed by atoms with van der Waals surface area (Å²) in [7, 11) is 0. The first-order valence-electron chi connectivity index (χ1n) is 7.18. The number of nitrogens with one attached hydrogen (secondary N) is 1. The van der Waals surface area contributed by atoms with Crippen molar-refractivity contribution in [2.45, 2.75) is 28.3 Å². The molecule has 0 saturated heterocycles. The first-order valence-corrected chi connectivity index (χ1v) is 9.04. The third-order valence-electron chi connectivity index (χ3n) is 3.37. The maximum atomic E-state index is 12.2. The maximum absolute atomic E-state index is 12.2. The molecule has 0 saturated carbocycles. The summed E-state index contributed by atoms with van der Waals surface area (Å²) in [4.78, 5) is 13.3. The quantitative estimate of drug-likeness (QED) is 0.617. The Morgan fingerprint density at radius 1 is 1.43 bits per heavy atom. The summed E-state index contributed by atoms with van der Waals surface area (Å²) in [6.07, 6.45) is 2.50. The fourth-order valence-corrected chi connectivity index (χ4v) is 4.47. The highest BCUT2D eigenvalue weighted by atomic mass is 32.2. The second kappa shape index (κ2) is 7.10. The number of rotatable bonds is 6. The van der Waals surface area contributed by atoms with Gasteiger partial charge in [-0.3, -0.25) is 9.36 Å². The number of nitrogens with zero attached hydrogens (tertiary/aromatic N) is 3. The fraction of sp³-hybridized carbons (Fsp3) is 0.267. The Morgan fingerprint density at radius 2 is 2.26 bits per heavy atom. The SMILES string of the molecule is C=CCn1c(N)nnc1SCCC1Sc2ccccc2NC1=O. The van der Waals surface area contributed by atoms with E-state index in [2.05, 4.69) is 22.1 Å². The van der Waals surface area contributed by atoms with Gasteiger partial charge in [-0.2, -0.15) is 0 Å². The van der Waals surface area contributed by atoms with E-state index in [0.717, 1.165) is 27.9 Å². The van der Waals surface area contributed by atoms with Crippen molar-refractivity contribution in [3.05, 3.63) is 36.9 Å². The number of nitrogens with two attached hydrogens (primary N) is 1. The summed E-state index contributed by atoms with van der Waals surface area (Å²) < 4.78 is 1.81. The standard InChI is InChI=1S/C15H17N5OS2/c1-2-8-20-14(16)18-19-15(20)22-9-7-12-13(21)17-10-5-3-4-6-11(10)23-12/h2-6,12H,1,7-9H2,(H2,16,18)(H,17,21). The number of benzene rings is 1. The molecule has 0 fully saturated rings. The second-order valence-electron chi connectivity index (χ2n) is 4.97. The minimum absolute atomic E-state index is 0.0568. The van der Waals surface area contributed by atoms with Crippen LogP contribution >= 0.6 is 23.5 Å². The van der Waals surface area contributed by atoms with Crippen molar-refractivity contribution in [3.8, 4) is 0 Å². The van der Waals surface area contributed by atoms with Crippen molar-refractivity contribution >= 4 is 41.1 Å². The molecule has 3 rings (SSSR count). The zero-order chi connectivity index (χ0) is 16.2. The molecule has 1 aromatic heterocycles. The molecular formula is C15H17N5OS2. The summed E-state index contributed by atoms with van der Waals surface area (Å²) in [5.41, 5.74) is 6.67. The monoisotopic (exact) mass is 347 g/mol. The van der Waals surface area contributed by atoms with Gasteiger partial charge in [-0.05, 0) is 18.6 Å². The maximum Gasteiger partial charge on any atom is 0.237 e. The van der Waals surface area contributed by atoms with E-state index in [1.54, 1.807) is 34.2 Å². The summed E-state index contributed by atoms with van der Waals surface area (Å²) >= 11 is 3.16. The van der Waals surface area contributed by atoms with E-state index in [9.17, 15) is 4.79 Å². The van der Waals surface area contributed by atoms with E-state index >= 15 is 0 Å². The first-order chi connectivity index (χ1) is 11.2. The Morgan fingerprint density at radius 3 is 3.09 bits per heavy atom. The average molecular weight is 347 g/mol. The van der Waals surface area contributed by atoms with Gasteiger partial charge in [-0.1, -0.05) is 30.0 Å². The van der Waals surface area contributed by atoms with Crippen LogP contribution in [-0.2, 0) is 11.3 Å². The van der Waals surface area contributed by atoms with Crippen molar-refractivity contribution in [2.24, 2.45) is 0 Å². The number of nitrogen functional groups attached to an aromatic ring is 1. The van der Waals surface area contributed by atoms with Gasteiger partial charge < -0.3 is 11.1 Å². The predicted octanol–water partition coefficient (Wildman–Crippen LogP) is 2.64. The van der Waals surface area contributed by atoms with E-state index in [4.69, 9.17) is 5.73 Å². The highest BCUT2D eigenvalue weighted by Gasteiger charge is 2.26. The van der Waals surface area contributed by atoms with Gasteiger partial charge in [0, 0.05) is 17.2 Å². The summed E-state index contributed by atoms with van der Waals surface area (Å²) in [5.74, 6) is 1.20. The number of anilines is 2. The van der Waals surface area contributed by atoms with Gasteiger partial charge >= 0.3 is 0 Å². The van der Waals surface area contributed by atoms with E-state index < -0.39 is 0 Å². The number of thioether (sulfide) groups is 2. The topological polar surface area (TPSA) is 85.8 Å². The summed E-state index contributed by atoms with van der Waals surface area (Å²) in [5, 5.41) is 11.6. The lowest BCUT2D eigenvalue weighted by atomic mass is 10.2. The van der Waals surface area contributed by atoms with Crippen LogP contribution in [-0.4, -0.2) is 31.7 Å². The lowest BCUT2D eigenvalue weighted by molar-refractivity contribution is -0.115. The molecule has 1 atom stereocenters. The molecule has 3 N–H and O–H groups in total. The molecule has 23 heavy (non-hydrogen) atoms. The van der Waals surface area contributed by atoms with Gasteiger partial charge in [-0.15, -0.1) is 28.5 Å². The molecule has 0 aliphatic carbocycles. The Balaban J connectivity index is 1.59. The number of allylic oxidation sites excluding steroid dienone is 1. The van der Waals surface area contributed by atoms with E-state index in [1.165, 1.54) is 0 Å². The molecule has 6 nitrogen and oxygen atoms in total. The van der Waals surface area contributed by atoms with E-state index in [0.29, 0.717) is 12.5 Å². The highest BCUT2D eigenvalue weighted by molar-refractivity contribution is 8.01. The molecule has 1 aliphatic heterocycles. The zero-order valence-corrected chi connectivity index (χ0v) is 14.1. The minimum atomic E-state index is -0.0921. The molecule has 120 valence electrons. The van der Waals surface area contributed by atoms with Crippen LogP contribution in [0.4, 0.5) is 11.6 Å². The molecule has 2 aromatic rings. The number of carbonyl (C=O) groups is 1. The van der Waals surface area contributed by atoms with Gasteiger partial charge in [0.25, 0.3) is 0 Å². The number of para-hydroxylation sites is 1. The Hall–Kier alpha value is -1.93. The van der Waals surface area contributed by atoms with Crippen LogP contribution in [0, 0.1) is 0 Å². The van der Waals surface area contributed by atoms with E-state index in [1.807, 2.05) is 24.3 Å². The van der Waals surface area contributed by atoms with Gasteiger partial charge in [-0.25, -0.2) is 0 Å². The number of hydrogen-bond donors (Lipinski definition) is 2. The zero-order valence-electron chi connectivity index (χ0n) is 12.4. The van der Waals surface area contributed by atoms with Crippen LogP contribution in [0.3, 0.4) is 0 Å². The molecular weight excluding hydrogens is 330 g/mol. The normalized spacial score (nSPS) is 16.7. The molecule has 1 aromatic carbocycles. The number of fused-ring (bicyclic) bond motifs is 1. The summed E-state index contributed by atoms with van der Waals surface area (Å²) in [6, 6.07) is 7.86. The molecule has 1 unspecified atom stereocenters. The average Bonchev–Trinajstić information content (AvgIpc) is 2.89. The van der Waals surface area contributed by atoms with Crippen LogP contribution in [0.5, 0.6) is 0 Å². The molecule has 0 bridgehead atoms. The minimum Gasteiger partial charge on any atom is -0.368 e. The van der Waals surface area contributed by atoms with Crippen LogP contribution in [0.15, 0.2) is 47.0 Å². The van der Waals surface area contributed by atoms with Crippen LogP contribution in [0.2, 0.25) is 0 Å². The number of carbonyl (C=O) groups excluding carboxylic acids is 1. The van der Waals surface area contributed by atoms with Crippen LogP contribution in [0.1, 0.15) is 6.42 Å². The lowest BCUT2D eigenvalue weighted by Gasteiger charge is -2.23. The van der Waals surface area contributed by atoms with Crippen molar-refractivity contribution in [1.82, 2.24) is 14.8 Å². The molecule has 0 spiro atoms. The predicted molar refractivity (Wildman–Crippen MR) is 94.7 cm³/mol. The van der Waals surface area contributed by atoms with Crippen molar-refractivity contribution in [1.29, 1.82) is 0 Å². The van der Waals surface area contributed by atoms with Crippen LogP contribution in [0.25, 0.3) is 0 Å². The third-order valence-corrected chi connectivity index (χ3v) is 5.72. The third kappa shape index (κ3) is 3.53.